The normalized spacial score (nSPS) is 9.89. The van der Waals surface area contributed by atoms with E-state index in [9.17, 15) is 20.1 Å². The minimum Gasteiger partial charge on any atom is -0.493 e. The Morgan fingerprint density at radius 1 is 1.29 bits per heavy atom. The highest BCUT2D eigenvalue weighted by atomic mass is 35.5. The molecule has 28 heavy (non-hydrogen) atoms. The fraction of sp³-hybridized carbons (Fsp3) is 0.222. The Labute approximate surface area is 164 Å². The molecule has 0 spiro atoms. The van der Waals surface area contributed by atoms with Crippen molar-refractivity contribution in [1.82, 2.24) is 4.98 Å². The van der Waals surface area contributed by atoms with Crippen molar-refractivity contribution in [3.63, 3.8) is 0 Å². The Kier molecular flexibility index (Phi) is 6.48. The molecule has 0 radical (unpaired) electrons. The number of nitrogen functional groups attached to an aromatic ring is 1. The molecule has 144 valence electrons. The lowest BCUT2D eigenvalue weighted by molar-refractivity contribution is -0.145. The largest absolute Gasteiger partial charge is 0.493 e. The number of aromatic nitrogens is 1. The number of nitrogens with one attached hydrogen (secondary N) is 1. The van der Waals surface area contributed by atoms with Crippen molar-refractivity contribution in [2.75, 3.05) is 26.1 Å². The number of hydrogen-bond acceptors (Lipinski definition) is 8. The number of carbonyl (C=O) groups is 1. The second-order valence-electron chi connectivity index (χ2n) is 5.30. The highest BCUT2D eigenvalue weighted by molar-refractivity contribution is 6.32. The van der Waals surface area contributed by atoms with Crippen LogP contribution in [0.25, 0.3) is 11.1 Å². The van der Waals surface area contributed by atoms with Gasteiger partial charge >= 0.3 is 5.97 Å². The molecular formula is C18H15ClN4O5. The molecule has 0 saturated heterocycles. The van der Waals surface area contributed by atoms with Crippen LogP contribution in [-0.2, 0) is 9.53 Å². The van der Waals surface area contributed by atoms with Crippen LogP contribution in [0.4, 0.5) is 5.82 Å². The number of aromatic amines is 1. The maximum Gasteiger partial charge on any atom is 0.344 e. The van der Waals surface area contributed by atoms with E-state index in [1.807, 2.05) is 6.07 Å². The second-order valence-corrected chi connectivity index (χ2v) is 5.71. The van der Waals surface area contributed by atoms with Crippen LogP contribution in [-0.4, -0.2) is 31.3 Å². The first-order chi connectivity index (χ1) is 13.4. The van der Waals surface area contributed by atoms with Crippen LogP contribution in [0.2, 0.25) is 5.02 Å². The zero-order chi connectivity index (χ0) is 20.8. The third-order valence-electron chi connectivity index (χ3n) is 3.63. The number of ether oxygens (including phenoxy) is 3. The van der Waals surface area contributed by atoms with Crippen molar-refractivity contribution in [3.8, 4) is 34.8 Å². The monoisotopic (exact) mass is 402 g/mol. The van der Waals surface area contributed by atoms with Gasteiger partial charge in [0, 0.05) is 5.56 Å². The van der Waals surface area contributed by atoms with Crippen LogP contribution in [0.3, 0.4) is 0 Å². The molecule has 2 rings (SSSR count). The van der Waals surface area contributed by atoms with Crippen LogP contribution < -0.4 is 20.8 Å². The van der Waals surface area contributed by atoms with Crippen molar-refractivity contribution < 1.29 is 19.0 Å². The number of rotatable bonds is 6. The highest BCUT2D eigenvalue weighted by Crippen LogP contribution is 2.41. The van der Waals surface area contributed by atoms with Gasteiger partial charge in [-0.25, -0.2) is 4.79 Å². The number of nitriles is 2. The molecule has 1 heterocycles. The van der Waals surface area contributed by atoms with Crippen molar-refractivity contribution >= 4 is 23.4 Å². The van der Waals surface area contributed by atoms with E-state index < -0.39 is 18.1 Å². The van der Waals surface area contributed by atoms with Gasteiger partial charge in [0.1, 0.15) is 29.1 Å². The third-order valence-corrected chi connectivity index (χ3v) is 3.91. The van der Waals surface area contributed by atoms with Gasteiger partial charge in [-0.2, -0.15) is 10.5 Å². The number of carbonyl (C=O) groups excluding carboxylic acids is 1. The molecule has 0 unspecified atom stereocenters. The average Bonchev–Trinajstić information content (AvgIpc) is 2.66. The van der Waals surface area contributed by atoms with Crippen molar-refractivity contribution in [3.05, 3.63) is 38.6 Å². The van der Waals surface area contributed by atoms with Crippen LogP contribution in [0.1, 0.15) is 18.1 Å². The lowest BCUT2D eigenvalue weighted by Crippen LogP contribution is -2.16. The van der Waals surface area contributed by atoms with Gasteiger partial charge in [0.25, 0.3) is 5.56 Å². The van der Waals surface area contributed by atoms with Gasteiger partial charge < -0.3 is 24.9 Å². The zero-order valence-electron chi connectivity index (χ0n) is 15.0. The number of benzene rings is 1. The van der Waals surface area contributed by atoms with Crippen LogP contribution in [0.15, 0.2) is 16.9 Å². The van der Waals surface area contributed by atoms with Crippen LogP contribution in [0.5, 0.6) is 11.5 Å². The number of anilines is 1. The number of H-pyrrole nitrogens is 1. The maximum absolute atomic E-state index is 12.1. The van der Waals surface area contributed by atoms with E-state index in [1.54, 1.807) is 13.0 Å². The van der Waals surface area contributed by atoms with Gasteiger partial charge in [0.15, 0.2) is 18.1 Å². The Bertz CT molecular complexity index is 1070. The fourth-order valence-corrected chi connectivity index (χ4v) is 2.74. The third kappa shape index (κ3) is 4.00. The molecule has 9 nitrogen and oxygen atoms in total. The molecule has 0 aliphatic rings. The topological polar surface area (TPSA) is 151 Å². The molecule has 0 aliphatic heterocycles. The summed E-state index contributed by atoms with van der Waals surface area (Å²) >= 11 is 6.25. The molecular weight excluding hydrogens is 388 g/mol. The molecule has 1 aromatic heterocycles. The van der Waals surface area contributed by atoms with Crippen LogP contribution >= 0.6 is 11.6 Å². The first kappa shape index (κ1) is 20.6. The summed E-state index contributed by atoms with van der Waals surface area (Å²) in [5.74, 6) is -0.584. The lowest BCUT2D eigenvalue weighted by Gasteiger charge is -2.15. The molecule has 3 N–H and O–H groups in total. The molecule has 0 saturated carbocycles. The average molecular weight is 403 g/mol. The Morgan fingerprint density at radius 3 is 2.54 bits per heavy atom. The quantitative estimate of drug-likeness (QED) is 0.695. The van der Waals surface area contributed by atoms with E-state index in [0.717, 1.165) is 0 Å². The van der Waals surface area contributed by atoms with Crippen LogP contribution in [0, 0.1) is 22.7 Å². The number of esters is 1. The summed E-state index contributed by atoms with van der Waals surface area (Å²) in [5, 5.41) is 18.8. The van der Waals surface area contributed by atoms with E-state index in [1.165, 1.54) is 19.2 Å². The van der Waals surface area contributed by atoms with E-state index in [4.69, 9.17) is 31.5 Å². The summed E-state index contributed by atoms with van der Waals surface area (Å²) in [5.41, 5.74) is 4.84. The number of pyridine rings is 1. The first-order valence-corrected chi connectivity index (χ1v) is 8.27. The van der Waals surface area contributed by atoms with Gasteiger partial charge in [-0.05, 0) is 24.6 Å². The van der Waals surface area contributed by atoms with Gasteiger partial charge in [-0.1, -0.05) is 11.6 Å². The Morgan fingerprint density at radius 2 is 1.96 bits per heavy atom. The summed E-state index contributed by atoms with van der Waals surface area (Å²) < 4.78 is 15.4. The molecule has 1 aromatic carbocycles. The predicted octanol–water partition coefficient (Wildman–Crippen LogP) is 1.97. The number of halogens is 1. The summed E-state index contributed by atoms with van der Waals surface area (Å²) in [6, 6.07) is 6.42. The predicted molar refractivity (Wildman–Crippen MR) is 100 cm³/mol. The fourth-order valence-electron chi connectivity index (χ4n) is 2.47. The van der Waals surface area contributed by atoms with Gasteiger partial charge in [0.05, 0.1) is 18.7 Å². The minimum atomic E-state index is -0.744. The zero-order valence-corrected chi connectivity index (χ0v) is 15.7. The minimum absolute atomic E-state index is 0.0170. The smallest absolute Gasteiger partial charge is 0.344 e. The SMILES string of the molecule is CCOC(=O)COc1c(Cl)cc(-c2c(C#N)c(N)[nH]c(=O)c2C#N)cc1OC. The molecule has 0 amide bonds. The molecule has 10 heteroatoms. The molecule has 0 atom stereocenters. The van der Waals surface area contributed by atoms with E-state index in [2.05, 4.69) is 4.98 Å². The second kappa shape index (κ2) is 8.80. The summed E-state index contributed by atoms with van der Waals surface area (Å²) in [7, 11) is 1.34. The number of nitrogens with zero attached hydrogens (tertiary/aromatic N) is 2. The summed E-state index contributed by atoms with van der Waals surface area (Å²) in [6.07, 6.45) is 0. The standard InChI is InChI=1S/C18H15ClN4O5/c1-3-27-14(24)8-28-16-12(19)4-9(5-13(16)26-2)15-10(6-20)17(22)23-18(25)11(15)7-21/h4-5H,3,8H2,1-2H3,(H3,22,23,25). The number of methoxy groups -OCH3 is 1. The van der Waals surface area contributed by atoms with E-state index in [-0.39, 0.29) is 51.2 Å². The molecule has 0 aliphatic carbocycles. The highest BCUT2D eigenvalue weighted by Gasteiger charge is 2.22. The summed E-state index contributed by atoms with van der Waals surface area (Å²) in [6.45, 7) is 1.46. The van der Waals surface area contributed by atoms with Crippen molar-refractivity contribution in [2.45, 2.75) is 6.92 Å². The number of nitrogens with two attached hydrogens (primary N) is 1. The van der Waals surface area contributed by atoms with E-state index in [0.29, 0.717) is 0 Å². The first-order valence-electron chi connectivity index (χ1n) is 7.90. The van der Waals surface area contributed by atoms with Crippen molar-refractivity contribution in [2.24, 2.45) is 0 Å². The van der Waals surface area contributed by atoms with Gasteiger partial charge in [0.2, 0.25) is 0 Å². The van der Waals surface area contributed by atoms with Gasteiger partial charge in [-0.3, -0.25) is 4.79 Å². The number of hydrogen-bond donors (Lipinski definition) is 2. The Balaban J connectivity index is 2.63. The molecule has 0 bridgehead atoms. The van der Waals surface area contributed by atoms with Crippen molar-refractivity contribution in [1.29, 1.82) is 10.5 Å². The molecule has 0 fully saturated rings. The lowest BCUT2D eigenvalue weighted by atomic mass is 9.96. The van der Waals surface area contributed by atoms with Gasteiger partial charge in [-0.15, -0.1) is 0 Å². The maximum atomic E-state index is 12.1. The van der Waals surface area contributed by atoms with E-state index >= 15 is 0 Å². The molecule has 2 aromatic rings. The summed E-state index contributed by atoms with van der Waals surface area (Å²) in [4.78, 5) is 25.8. The Hall–Kier alpha value is -3.69.